The molecule has 1 aliphatic heterocycles. The van der Waals surface area contributed by atoms with E-state index in [0.717, 1.165) is 40.1 Å². The second-order valence-corrected chi connectivity index (χ2v) is 7.32. The maximum atomic E-state index is 13.1. The monoisotopic (exact) mass is 389 g/mol. The Hall–Kier alpha value is -3.41. The van der Waals surface area contributed by atoms with Gasteiger partial charge in [-0.25, -0.2) is 9.37 Å². The maximum absolute atomic E-state index is 13.1. The number of imidazole rings is 1. The summed E-state index contributed by atoms with van der Waals surface area (Å²) in [4.78, 5) is 22.7. The van der Waals surface area contributed by atoms with Crippen LogP contribution in [0, 0.1) is 5.82 Å². The average molecular weight is 389 g/mol. The summed E-state index contributed by atoms with van der Waals surface area (Å²) in [6, 6.07) is 15.8. The number of aromatic amines is 1. The zero-order chi connectivity index (χ0) is 19.8. The first-order valence-electron chi connectivity index (χ1n) is 9.73. The molecule has 29 heavy (non-hydrogen) atoms. The number of rotatable bonds is 4. The van der Waals surface area contributed by atoms with E-state index in [9.17, 15) is 9.18 Å². The van der Waals surface area contributed by atoms with Crippen LogP contribution < -0.4 is 0 Å². The molecule has 5 rings (SSSR count). The Labute approximate surface area is 167 Å². The summed E-state index contributed by atoms with van der Waals surface area (Å²) in [7, 11) is 0. The van der Waals surface area contributed by atoms with Crippen molar-refractivity contribution in [1.29, 1.82) is 0 Å². The van der Waals surface area contributed by atoms with Crippen molar-refractivity contribution in [3.05, 3.63) is 89.5 Å². The molecule has 0 saturated heterocycles. The summed E-state index contributed by atoms with van der Waals surface area (Å²) < 4.78 is 19.2. The van der Waals surface area contributed by atoms with Crippen LogP contribution in [-0.2, 0) is 17.6 Å². The Morgan fingerprint density at radius 1 is 1.21 bits per heavy atom. The SMILES string of the molecule is O=C(CCc1ccc(F)cc1)N1CCc2[nH]cnc2[C@@H]1c1cc2ccccc2o1. The second-order valence-electron chi connectivity index (χ2n) is 7.32. The number of H-pyrrole nitrogens is 1. The largest absolute Gasteiger partial charge is 0.458 e. The highest BCUT2D eigenvalue weighted by molar-refractivity contribution is 5.80. The molecule has 0 spiro atoms. The number of carbonyl (C=O) groups is 1. The van der Waals surface area contributed by atoms with E-state index >= 15 is 0 Å². The van der Waals surface area contributed by atoms with Gasteiger partial charge in [-0.3, -0.25) is 4.79 Å². The number of nitrogens with zero attached hydrogens (tertiary/aromatic N) is 2. The highest BCUT2D eigenvalue weighted by Crippen LogP contribution is 2.36. The van der Waals surface area contributed by atoms with E-state index in [1.165, 1.54) is 12.1 Å². The number of hydrogen-bond acceptors (Lipinski definition) is 3. The fraction of sp³-hybridized carbons (Fsp3) is 0.217. The molecule has 2 aromatic heterocycles. The van der Waals surface area contributed by atoms with Crippen molar-refractivity contribution >= 4 is 16.9 Å². The van der Waals surface area contributed by atoms with Crippen molar-refractivity contribution in [2.45, 2.75) is 25.3 Å². The van der Waals surface area contributed by atoms with Gasteiger partial charge in [0.25, 0.3) is 0 Å². The van der Waals surface area contributed by atoms with Crippen molar-refractivity contribution in [2.24, 2.45) is 0 Å². The van der Waals surface area contributed by atoms with Gasteiger partial charge in [-0.2, -0.15) is 0 Å². The molecule has 3 heterocycles. The van der Waals surface area contributed by atoms with Crippen LogP contribution in [0.15, 0.2) is 65.3 Å². The quantitative estimate of drug-likeness (QED) is 0.563. The predicted molar refractivity (Wildman–Crippen MR) is 107 cm³/mol. The number of furan rings is 1. The average Bonchev–Trinajstić information content (AvgIpc) is 3.39. The van der Waals surface area contributed by atoms with E-state index < -0.39 is 0 Å². The molecule has 6 heteroatoms. The first-order valence-corrected chi connectivity index (χ1v) is 9.73. The summed E-state index contributed by atoms with van der Waals surface area (Å²) in [5, 5.41) is 1.00. The number of nitrogens with one attached hydrogen (secondary N) is 1. The minimum Gasteiger partial charge on any atom is -0.458 e. The van der Waals surface area contributed by atoms with Gasteiger partial charge < -0.3 is 14.3 Å². The van der Waals surface area contributed by atoms with Gasteiger partial charge >= 0.3 is 0 Å². The first-order chi connectivity index (χ1) is 14.2. The third kappa shape index (κ3) is 3.31. The lowest BCUT2D eigenvalue weighted by Gasteiger charge is -2.33. The van der Waals surface area contributed by atoms with Crippen LogP contribution in [0.3, 0.4) is 0 Å². The normalized spacial score (nSPS) is 16.2. The summed E-state index contributed by atoms with van der Waals surface area (Å²) in [6.45, 7) is 0.596. The van der Waals surface area contributed by atoms with Crippen LogP contribution in [0.2, 0.25) is 0 Å². The van der Waals surface area contributed by atoms with Crippen LogP contribution >= 0.6 is 0 Å². The van der Waals surface area contributed by atoms with Gasteiger partial charge in [-0.05, 0) is 36.2 Å². The number of hydrogen-bond donors (Lipinski definition) is 1. The number of aryl methyl sites for hydroxylation is 1. The number of benzene rings is 2. The van der Waals surface area contributed by atoms with Gasteiger partial charge in [0.2, 0.25) is 5.91 Å². The topological polar surface area (TPSA) is 62.1 Å². The summed E-state index contributed by atoms with van der Waals surface area (Å²) in [6.07, 6.45) is 3.32. The fourth-order valence-corrected chi connectivity index (χ4v) is 4.02. The highest BCUT2D eigenvalue weighted by Gasteiger charge is 2.36. The molecular formula is C23H20FN3O2. The Balaban J connectivity index is 1.44. The number of para-hydroxylation sites is 1. The molecule has 1 amide bonds. The molecule has 5 nitrogen and oxygen atoms in total. The molecule has 0 aliphatic carbocycles. The van der Waals surface area contributed by atoms with Crippen molar-refractivity contribution in [3.8, 4) is 0 Å². The van der Waals surface area contributed by atoms with Gasteiger partial charge in [-0.1, -0.05) is 30.3 Å². The molecule has 2 aromatic carbocycles. The lowest BCUT2D eigenvalue weighted by molar-refractivity contribution is -0.133. The van der Waals surface area contributed by atoms with Gasteiger partial charge in [0.15, 0.2) is 0 Å². The van der Waals surface area contributed by atoms with Crippen LogP contribution in [0.5, 0.6) is 0 Å². The van der Waals surface area contributed by atoms with Crippen LogP contribution in [-0.4, -0.2) is 27.3 Å². The predicted octanol–water partition coefficient (Wildman–Crippen LogP) is 4.40. The Bertz CT molecular complexity index is 1130. The standard InChI is InChI=1S/C23H20FN3O2/c24-17-8-5-15(6-9-17)7-10-21(28)27-12-11-18-22(26-14-25-18)23(27)20-13-16-3-1-2-4-19(16)29-20/h1-6,8-9,13-14,23H,7,10-12H2,(H,25,26)/t23-/m0/s1. The molecule has 0 radical (unpaired) electrons. The third-order valence-electron chi connectivity index (χ3n) is 5.50. The summed E-state index contributed by atoms with van der Waals surface area (Å²) in [5.41, 5.74) is 3.62. The molecular weight excluding hydrogens is 369 g/mol. The number of fused-ring (bicyclic) bond motifs is 2. The Morgan fingerprint density at radius 3 is 2.86 bits per heavy atom. The van der Waals surface area contributed by atoms with Crippen LogP contribution in [0.1, 0.15) is 35.2 Å². The number of aromatic nitrogens is 2. The summed E-state index contributed by atoms with van der Waals surface area (Å²) in [5.74, 6) is 0.481. The third-order valence-corrected chi connectivity index (χ3v) is 5.50. The molecule has 1 N–H and O–H groups in total. The van der Waals surface area contributed by atoms with Crippen molar-refractivity contribution in [3.63, 3.8) is 0 Å². The highest BCUT2D eigenvalue weighted by atomic mass is 19.1. The molecule has 1 atom stereocenters. The smallest absolute Gasteiger partial charge is 0.223 e. The Kier molecular flexibility index (Phi) is 4.39. The molecule has 0 saturated carbocycles. The number of carbonyl (C=O) groups excluding carboxylic acids is 1. The Morgan fingerprint density at radius 2 is 2.03 bits per heavy atom. The van der Waals surface area contributed by atoms with Gasteiger partial charge in [0.1, 0.15) is 23.2 Å². The van der Waals surface area contributed by atoms with E-state index in [0.29, 0.717) is 19.4 Å². The van der Waals surface area contributed by atoms with E-state index in [1.807, 2.05) is 35.2 Å². The summed E-state index contributed by atoms with van der Waals surface area (Å²) >= 11 is 0. The lowest BCUT2D eigenvalue weighted by Crippen LogP contribution is -2.40. The van der Waals surface area contributed by atoms with Gasteiger partial charge in [-0.15, -0.1) is 0 Å². The van der Waals surface area contributed by atoms with E-state index in [4.69, 9.17) is 4.42 Å². The second kappa shape index (κ2) is 7.20. The van der Waals surface area contributed by atoms with E-state index in [2.05, 4.69) is 9.97 Å². The van der Waals surface area contributed by atoms with Crippen molar-refractivity contribution < 1.29 is 13.6 Å². The zero-order valence-corrected chi connectivity index (χ0v) is 15.8. The van der Waals surface area contributed by atoms with E-state index in [1.54, 1.807) is 18.5 Å². The van der Waals surface area contributed by atoms with Gasteiger partial charge in [0.05, 0.1) is 12.0 Å². The molecule has 0 unspecified atom stereocenters. The van der Waals surface area contributed by atoms with Crippen molar-refractivity contribution in [1.82, 2.24) is 14.9 Å². The minimum atomic E-state index is -0.349. The van der Waals surface area contributed by atoms with Gasteiger partial charge in [0, 0.05) is 30.5 Å². The molecule has 1 aliphatic rings. The molecule has 0 fully saturated rings. The van der Waals surface area contributed by atoms with E-state index in [-0.39, 0.29) is 17.8 Å². The number of amides is 1. The molecule has 4 aromatic rings. The number of halogens is 1. The first kappa shape index (κ1) is 17.7. The molecule has 0 bridgehead atoms. The molecule has 146 valence electrons. The van der Waals surface area contributed by atoms with Crippen molar-refractivity contribution in [2.75, 3.05) is 6.54 Å². The zero-order valence-electron chi connectivity index (χ0n) is 15.8. The lowest BCUT2D eigenvalue weighted by atomic mass is 9.99. The van der Waals surface area contributed by atoms with Crippen LogP contribution in [0.25, 0.3) is 11.0 Å². The minimum absolute atomic E-state index is 0.0356. The van der Waals surface area contributed by atoms with Crippen LogP contribution in [0.4, 0.5) is 4.39 Å². The fourth-order valence-electron chi connectivity index (χ4n) is 4.02. The maximum Gasteiger partial charge on any atom is 0.223 e.